The van der Waals surface area contributed by atoms with Crippen molar-refractivity contribution in [2.24, 2.45) is 0 Å². The molecule has 7 nitrogen and oxygen atoms in total. The van der Waals surface area contributed by atoms with Crippen LogP contribution in [0, 0.1) is 13.8 Å². The molecule has 30 heavy (non-hydrogen) atoms. The van der Waals surface area contributed by atoms with E-state index in [2.05, 4.69) is 42.2 Å². The number of nitrogens with two attached hydrogens (primary N) is 1. The number of benzene rings is 2. The molecule has 0 radical (unpaired) electrons. The Kier molecular flexibility index (Phi) is 6.99. The van der Waals surface area contributed by atoms with Gasteiger partial charge in [0.05, 0.1) is 12.4 Å². The molecule has 2 N–H and O–H groups in total. The van der Waals surface area contributed by atoms with Gasteiger partial charge in [0.2, 0.25) is 11.1 Å². The number of amides is 1. The zero-order chi connectivity index (χ0) is 21.7. The molecule has 0 spiro atoms. The number of nitrogen functional groups attached to an aromatic ring is 1. The van der Waals surface area contributed by atoms with Gasteiger partial charge in [0.25, 0.3) is 0 Å². The third-order valence-corrected chi connectivity index (χ3v) is 5.67. The Morgan fingerprint density at radius 1 is 1.17 bits per heavy atom. The maximum Gasteiger partial charge on any atom is 0.233 e. The Bertz CT molecular complexity index is 1020. The standard InChI is InChI=1S/C22H27N5O2S/c1-5-29-19-10-8-17(9-11-19)21-24-25-22(27(21)23)30-14-20(28)26(4)13-18-7-6-15(2)12-16(18)3/h6-12H,5,13-14,23H2,1-4H3. The van der Waals surface area contributed by atoms with Gasteiger partial charge in [-0.25, -0.2) is 4.68 Å². The zero-order valence-corrected chi connectivity index (χ0v) is 18.6. The molecule has 0 saturated carbocycles. The van der Waals surface area contributed by atoms with E-state index in [-0.39, 0.29) is 11.7 Å². The van der Waals surface area contributed by atoms with Gasteiger partial charge in [-0.3, -0.25) is 4.79 Å². The van der Waals surface area contributed by atoms with Gasteiger partial charge in [-0.05, 0) is 56.2 Å². The number of hydrogen-bond acceptors (Lipinski definition) is 6. The minimum Gasteiger partial charge on any atom is -0.494 e. The maximum atomic E-state index is 12.6. The van der Waals surface area contributed by atoms with Crippen LogP contribution in [0.15, 0.2) is 47.6 Å². The summed E-state index contributed by atoms with van der Waals surface area (Å²) in [7, 11) is 1.81. The molecule has 0 unspecified atom stereocenters. The molecule has 8 heteroatoms. The number of thioether (sulfide) groups is 1. The van der Waals surface area contributed by atoms with Gasteiger partial charge in [0, 0.05) is 19.2 Å². The number of rotatable bonds is 8. The molecule has 0 fully saturated rings. The Morgan fingerprint density at radius 3 is 2.57 bits per heavy atom. The number of aromatic nitrogens is 3. The first-order valence-corrected chi connectivity index (χ1v) is 10.7. The second-order valence-corrected chi connectivity index (χ2v) is 8.04. The first-order valence-electron chi connectivity index (χ1n) is 9.75. The first-order chi connectivity index (χ1) is 14.4. The molecule has 2 aromatic carbocycles. The van der Waals surface area contributed by atoms with Crippen LogP contribution >= 0.6 is 11.8 Å². The van der Waals surface area contributed by atoms with Crippen molar-refractivity contribution in [3.63, 3.8) is 0 Å². The van der Waals surface area contributed by atoms with E-state index in [0.717, 1.165) is 16.9 Å². The molecule has 0 aliphatic carbocycles. The molecule has 0 bridgehead atoms. The summed E-state index contributed by atoms with van der Waals surface area (Å²) in [6, 6.07) is 13.8. The van der Waals surface area contributed by atoms with Crippen molar-refractivity contribution in [1.29, 1.82) is 0 Å². The molecule has 1 aromatic heterocycles. The van der Waals surface area contributed by atoms with Crippen LogP contribution in [0.1, 0.15) is 23.6 Å². The lowest BCUT2D eigenvalue weighted by Crippen LogP contribution is -2.28. The van der Waals surface area contributed by atoms with Crippen molar-refractivity contribution in [1.82, 2.24) is 19.8 Å². The number of ether oxygens (including phenoxy) is 1. The van der Waals surface area contributed by atoms with Crippen molar-refractivity contribution in [3.8, 4) is 17.1 Å². The Balaban J connectivity index is 1.61. The Morgan fingerprint density at radius 2 is 1.90 bits per heavy atom. The Labute approximate surface area is 181 Å². The van der Waals surface area contributed by atoms with Crippen LogP contribution in [0.25, 0.3) is 11.4 Å². The van der Waals surface area contributed by atoms with Crippen LogP contribution in [0.2, 0.25) is 0 Å². The lowest BCUT2D eigenvalue weighted by atomic mass is 10.1. The van der Waals surface area contributed by atoms with E-state index in [4.69, 9.17) is 10.6 Å². The number of carbonyl (C=O) groups is 1. The molecule has 0 aliphatic heterocycles. The minimum absolute atomic E-state index is 0.00518. The average Bonchev–Trinajstić information content (AvgIpc) is 3.09. The molecule has 0 aliphatic rings. The highest BCUT2D eigenvalue weighted by Crippen LogP contribution is 2.24. The number of carbonyl (C=O) groups excluding carboxylic acids is 1. The molecule has 0 atom stereocenters. The number of aryl methyl sites for hydroxylation is 2. The quantitative estimate of drug-likeness (QED) is 0.440. The normalized spacial score (nSPS) is 10.8. The summed E-state index contributed by atoms with van der Waals surface area (Å²) in [6.45, 7) is 7.24. The maximum absolute atomic E-state index is 12.6. The summed E-state index contributed by atoms with van der Waals surface area (Å²) < 4.78 is 6.87. The van der Waals surface area contributed by atoms with Crippen LogP contribution in [0.3, 0.4) is 0 Å². The summed E-state index contributed by atoms with van der Waals surface area (Å²) in [6.07, 6.45) is 0. The summed E-state index contributed by atoms with van der Waals surface area (Å²) in [5.41, 5.74) is 4.37. The summed E-state index contributed by atoms with van der Waals surface area (Å²) in [5, 5.41) is 8.81. The van der Waals surface area contributed by atoms with Crippen LogP contribution in [-0.2, 0) is 11.3 Å². The molecular weight excluding hydrogens is 398 g/mol. The number of nitrogens with zero attached hydrogens (tertiary/aromatic N) is 4. The second kappa shape index (κ2) is 9.67. The van der Waals surface area contributed by atoms with E-state index in [9.17, 15) is 4.79 Å². The monoisotopic (exact) mass is 425 g/mol. The van der Waals surface area contributed by atoms with E-state index >= 15 is 0 Å². The third-order valence-electron chi connectivity index (χ3n) is 4.74. The highest BCUT2D eigenvalue weighted by molar-refractivity contribution is 7.99. The van der Waals surface area contributed by atoms with Gasteiger partial charge in [-0.2, -0.15) is 0 Å². The highest BCUT2D eigenvalue weighted by atomic mass is 32.2. The van der Waals surface area contributed by atoms with Gasteiger partial charge < -0.3 is 15.5 Å². The van der Waals surface area contributed by atoms with Crippen molar-refractivity contribution < 1.29 is 9.53 Å². The van der Waals surface area contributed by atoms with Crippen LogP contribution in [-0.4, -0.2) is 45.1 Å². The smallest absolute Gasteiger partial charge is 0.233 e. The third kappa shape index (κ3) is 5.13. The minimum atomic E-state index is 0.00518. The SMILES string of the molecule is CCOc1ccc(-c2nnc(SCC(=O)N(C)Cc3ccc(C)cc3C)n2N)cc1. The summed E-state index contributed by atoms with van der Waals surface area (Å²) in [4.78, 5) is 14.3. The van der Waals surface area contributed by atoms with E-state index in [1.165, 1.54) is 27.6 Å². The van der Waals surface area contributed by atoms with Crippen molar-refractivity contribution in [2.75, 3.05) is 25.3 Å². The molecule has 3 rings (SSSR count). The molecule has 1 heterocycles. The van der Waals surface area contributed by atoms with E-state index < -0.39 is 0 Å². The van der Waals surface area contributed by atoms with Crippen LogP contribution in [0.4, 0.5) is 0 Å². The van der Waals surface area contributed by atoms with Crippen molar-refractivity contribution in [2.45, 2.75) is 32.5 Å². The lowest BCUT2D eigenvalue weighted by Gasteiger charge is -2.18. The fourth-order valence-electron chi connectivity index (χ4n) is 3.04. The van der Waals surface area contributed by atoms with Gasteiger partial charge in [0.1, 0.15) is 5.75 Å². The molecule has 158 valence electrons. The fraction of sp³-hybridized carbons (Fsp3) is 0.318. The zero-order valence-electron chi connectivity index (χ0n) is 17.8. The van der Waals surface area contributed by atoms with Gasteiger partial charge in [-0.1, -0.05) is 35.5 Å². The van der Waals surface area contributed by atoms with E-state index in [1.807, 2.05) is 31.2 Å². The van der Waals surface area contributed by atoms with Crippen molar-refractivity contribution in [3.05, 3.63) is 59.2 Å². The average molecular weight is 426 g/mol. The first kappa shape index (κ1) is 21.7. The number of hydrogen-bond donors (Lipinski definition) is 1. The van der Waals surface area contributed by atoms with Crippen LogP contribution < -0.4 is 10.6 Å². The van der Waals surface area contributed by atoms with Gasteiger partial charge in [-0.15, -0.1) is 10.2 Å². The second-order valence-electron chi connectivity index (χ2n) is 7.10. The molecular formula is C22H27N5O2S. The van der Waals surface area contributed by atoms with Crippen molar-refractivity contribution >= 4 is 17.7 Å². The lowest BCUT2D eigenvalue weighted by molar-refractivity contribution is -0.127. The van der Waals surface area contributed by atoms with E-state index in [0.29, 0.717) is 24.1 Å². The predicted molar refractivity (Wildman–Crippen MR) is 120 cm³/mol. The van der Waals surface area contributed by atoms with E-state index in [1.54, 1.807) is 11.9 Å². The van der Waals surface area contributed by atoms with Gasteiger partial charge >= 0.3 is 0 Å². The van der Waals surface area contributed by atoms with Crippen LogP contribution in [0.5, 0.6) is 5.75 Å². The fourth-order valence-corrected chi connectivity index (χ4v) is 3.84. The molecule has 3 aromatic rings. The highest BCUT2D eigenvalue weighted by Gasteiger charge is 2.16. The largest absolute Gasteiger partial charge is 0.494 e. The molecule has 1 amide bonds. The van der Waals surface area contributed by atoms with Gasteiger partial charge in [0.15, 0.2) is 5.82 Å². The predicted octanol–water partition coefficient (Wildman–Crippen LogP) is 3.43. The molecule has 0 saturated heterocycles. The Hall–Kier alpha value is -3.00. The topological polar surface area (TPSA) is 86.3 Å². The summed E-state index contributed by atoms with van der Waals surface area (Å²) in [5.74, 6) is 7.73. The summed E-state index contributed by atoms with van der Waals surface area (Å²) >= 11 is 1.28.